The predicted molar refractivity (Wildman–Crippen MR) is 65.3 cm³/mol. The molecule has 1 heterocycles. The summed E-state index contributed by atoms with van der Waals surface area (Å²) >= 11 is 0. The molecule has 0 spiro atoms. The highest BCUT2D eigenvalue weighted by atomic mass is 16.6. The summed E-state index contributed by atoms with van der Waals surface area (Å²) in [5.74, 6) is -0.274. The standard InChI is InChI=1S/C11H12N4O4/c1-3-19-11(16)7(2)13-10-5-4-9(15(17)18)8(6-12)14-10/h4-5,7H,3H2,1-2H3,(H,13,14). The molecule has 0 aliphatic carbocycles. The first kappa shape index (κ1) is 14.4. The first-order valence-corrected chi connectivity index (χ1v) is 5.48. The molecule has 1 atom stereocenters. The highest BCUT2D eigenvalue weighted by molar-refractivity contribution is 5.78. The van der Waals surface area contributed by atoms with Gasteiger partial charge in [0.25, 0.3) is 0 Å². The average Bonchev–Trinajstić information content (AvgIpc) is 2.38. The maximum absolute atomic E-state index is 11.4. The van der Waals surface area contributed by atoms with Gasteiger partial charge in [0.05, 0.1) is 11.5 Å². The van der Waals surface area contributed by atoms with Crippen molar-refractivity contribution in [3.05, 3.63) is 27.9 Å². The van der Waals surface area contributed by atoms with Crippen LogP contribution in [0.5, 0.6) is 0 Å². The zero-order valence-corrected chi connectivity index (χ0v) is 10.4. The molecule has 0 aliphatic rings. The number of nitro groups is 1. The van der Waals surface area contributed by atoms with Crippen molar-refractivity contribution in [2.45, 2.75) is 19.9 Å². The van der Waals surface area contributed by atoms with E-state index < -0.39 is 16.9 Å². The summed E-state index contributed by atoms with van der Waals surface area (Å²) < 4.78 is 4.79. The van der Waals surface area contributed by atoms with Crippen molar-refractivity contribution in [3.8, 4) is 6.07 Å². The summed E-state index contributed by atoms with van der Waals surface area (Å²) in [7, 11) is 0. The number of ether oxygens (including phenoxy) is 1. The SMILES string of the molecule is CCOC(=O)C(C)Nc1ccc([N+](=O)[O-])c(C#N)n1. The van der Waals surface area contributed by atoms with Gasteiger partial charge in [-0.25, -0.2) is 9.78 Å². The van der Waals surface area contributed by atoms with E-state index in [0.29, 0.717) is 0 Å². The van der Waals surface area contributed by atoms with Crippen molar-refractivity contribution >= 4 is 17.5 Å². The van der Waals surface area contributed by atoms with Gasteiger partial charge in [-0.05, 0) is 19.9 Å². The number of esters is 1. The topological polar surface area (TPSA) is 118 Å². The lowest BCUT2D eigenvalue weighted by Gasteiger charge is -2.12. The number of pyridine rings is 1. The third-order valence-corrected chi connectivity index (χ3v) is 2.18. The summed E-state index contributed by atoms with van der Waals surface area (Å²) in [5.41, 5.74) is -0.692. The molecule has 8 heteroatoms. The zero-order valence-electron chi connectivity index (χ0n) is 10.4. The number of hydrogen-bond donors (Lipinski definition) is 1. The van der Waals surface area contributed by atoms with Crippen LogP contribution in [0.4, 0.5) is 11.5 Å². The Morgan fingerprint density at radius 3 is 2.89 bits per heavy atom. The van der Waals surface area contributed by atoms with Gasteiger partial charge in [0.2, 0.25) is 5.69 Å². The summed E-state index contributed by atoms with van der Waals surface area (Å²) in [5, 5.41) is 22.1. The van der Waals surface area contributed by atoms with E-state index in [9.17, 15) is 14.9 Å². The van der Waals surface area contributed by atoms with Crippen molar-refractivity contribution in [1.82, 2.24) is 4.98 Å². The minimum absolute atomic E-state index is 0.197. The molecule has 0 aromatic carbocycles. The van der Waals surface area contributed by atoms with Crippen molar-refractivity contribution < 1.29 is 14.5 Å². The lowest BCUT2D eigenvalue weighted by atomic mass is 10.3. The van der Waals surface area contributed by atoms with E-state index in [1.54, 1.807) is 19.9 Å². The number of nitriles is 1. The maximum Gasteiger partial charge on any atom is 0.328 e. The monoisotopic (exact) mass is 264 g/mol. The Morgan fingerprint density at radius 1 is 1.68 bits per heavy atom. The van der Waals surface area contributed by atoms with Gasteiger partial charge in [0.1, 0.15) is 17.9 Å². The Balaban J connectivity index is 2.89. The maximum atomic E-state index is 11.4. The van der Waals surface area contributed by atoms with E-state index in [1.165, 1.54) is 6.07 Å². The van der Waals surface area contributed by atoms with E-state index >= 15 is 0 Å². The molecular weight excluding hydrogens is 252 g/mol. The Morgan fingerprint density at radius 2 is 2.37 bits per heavy atom. The molecule has 0 fully saturated rings. The minimum atomic E-state index is -0.690. The summed E-state index contributed by atoms with van der Waals surface area (Å²) in [6.45, 7) is 3.50. The number of nitrogens with zero attached hydrogens (tertiary/aromatic N) is 3. The molecule has 0 amide bonds. The van der Waals surface area contributed by atoms with Gasteiger partial charge in [-0.15, -0.1) is 0 Å². The Bertz CT molecular complexity index is 538. The largest absolute Gasteiger partial charge is 0.464 e. The van der Waals surface area contributed by atoms with Crippen LogP contribution in [0.3, 0.4) is 0 Å². The van der Waals surface area contributed by atoms with Crippen LogP contribution in [-0.2, 0) is 9.53 Å². The van der Waals surface area contributed by atoms with Gasteiger partial charge < -0.3 is 10.1 Å². The van der Waals surface area contributed by atoms with Crippen LogP contribution in [0.25, 0.3) is 0 Å². The third-order valence-electron chi connectivity index (χ3n) is 2.18. The Kier molecular flexibility index (Phi) is 4.76. The Labute approximate surface area is 109 Å². The number of aromatic nitrogens is 1. The zero-order chi connectivity index (χ0) is 14.4. The van der Waals surface area contributed by atoms with Crippen LogP contribution in [-0.4, -0.2) is 28.5 Å². The van der Waals surface area contributed by atoms with E-state index in [0.717, 1.165) is 6.07 Å². The molecule has 0 aliphatic heterocycles. The minimum Gasteiger partial charge on any atom is -0.464 e. The lowest BCUT2D eigenvalue weighted by molar-refractivity contribution is -0.385. The van der Waals surface area contributed by atoms with E-state index in [-0.39, 0.29) is 23.8 Å². The summed E-state index contributed by atoms with van der Waals surface area (Å²) in [4.78, 5) is 25.1. The molecule has 19 heavy (non-hydrogen) atoms. The molecule has 0 saturated carbocycles. The lowest BCUT2D eigenvalue weighted by Crippen LogP contribution is -2.28. The molecule has 1 N–H and O–H groups in total. The third kappa shape index (κ3) is 3.64. The second kappa shape index (κ2) is 6.30. The molecule has 1 aromatic rings. The van der Waals surface area contributed by atoms with Gasteiger partial charge in [-0.2, -0.15) is 5.26 Å². The summed E-state index contributed by atoms with van der Waals surface area (Å²) in [6, 6.07) is 3.46. The molecule has 1 rings (SSSR count). The van der Waals surface area contributed by atoms with Crippen LogP contribution >= 0.6 is 0 Å². The summed E-state index contributed by atoms with van der Waals surface area (Å²) in [6.07, 6.45) is 0. The predicted octanol–water partition coefficient (Wildman–Crippen LogP) is 1.22. The van der Waals surface area contributed by atoms with Crippen molar-refractivity contribution in [2.24, 2.45) is 0 Å². The van der Waals surface area contributed by atoms with Crippen LogP contribution < -0.4 is 5.32 Å². The van der Waals surface area contributed by atoms with Crippen LogP contribution in [0, 0.1) is 21.4 Å². The first-order valence-electron chi connectivity index (χ1n) is 5.48. The van der Waals surface area contributed by atoms with Gasteiger partial charge in [-0.1, -0.05) is 0 Å². The number of hydrogen-bond acceptors (Lipinski definition) is 7. The van der Waals surface area contributed by atoms with Crippen molar-refractivity contribution in [1.29, 1.82) is 5.26 Å². The van der Waals surface area contributed by atoms with Gasteiger partial charge in [0, 0.05) is 6.07 Å². The molecule has 8 nitrogen and oxygen atoms in total. The number of anilines is 1. The van der Waals surface area contributed by atoms with Crippen molar-refractivity contribution in [2.75, 3.05) is 11.9 Å². The van der Waals surface area contributed by atoms with Crippen LogP contribution in [0.2, 0.25) is 0 Å². The Hall–Kier alpha value is -2.69. The number of carbonyl (C=O) groups is 1. The fourth-order valence-corrected chi connectivity index (χ4v) is 1.31. The molecule has 1 unspecified atom stereocenters. The fraction of sp³-hybridized carbons (Fsp3) is 0.364. The van der Waals surface area contributed by atoms with Crippen molar-refractivity contribution in [3.63, 3.8) is 0 Å². The van der Waals surface area contributed by atoms with Crippen LogP contribution in [0.15, 0.2) is 12.1 Å². The fourth-order valence-electron chi connectivity index (χ4n) is 1.31. The quantitative estimate of drug-likeness (QED) is 0.482. The molecule has 1 aromatic heterocycles. The van der Waals surface area contributed by atoms with Gasteiger partial charge in [0.15, 0.2) is 0 Å². The molecule has 100 valence electrons. The molecule has 0 bridgehead atoms. The molecule has 0 radical (unpaired) electrons. The van der Waals surface area contributed by atoms with E-state index in [1.807, 2.05) is 0 Å². The van der Waals surface area contributed by atoms with E-state index in [4.69, 9.17) is 10.00 Å². The van der Waals surface area contributed by atoms with Gasteiger partial charge in [-0.3, -0.25) is 10.1 Å². The number of nitrogens with one attached hydrogen (secondary N) is 1. The molecule has 0 saturated heterocycles. The highest BCUT2D eigenvalue weighted by Crippen LogP contribution is 2.18. The smallest absolute Gasteiger partial charge is 0.328 e. The number of carbonyl (C=O) groups excluding carboxylic acids is 1. The van der Waals surface area contributed by atoms with Gasteiger partial charge >= 0.3 is 11.7 Å². The average molecular weight is 264 g/mol. The second-order valence-corrected chi connectivity index (χ2v) is 3.55. The van der Waals surface area contributed by atoms with E-state index in [2.05, 4.69) is 10.3 Å². The highest BCUT2D eigenvalue weighted by Gasteiger charge is 2.18. The molecular formula is C11H12N4O4. The number of rotatable bonds is 5. The first-order chi connectivity index (χ1) is 8.99. The normalized spacial score (nSPS) is 11.2. The van der Waals surface area contributed by atoms with Crippen LogP contribution in [0.1, 0.15) is 19.5 Å². The second-order valence-electron chi connectivity index (χ2n) is 3.55.